The molecule has 5 heteroatoms. The van der Waals surface area contributed by atoms with Crippen LogP contribution in [0, 0.1) is 5.82 Å². The van der Waals surface area contributed by atoms with E-state index in [9.17, 15) is 9.18 Å². The van der Waals surface area contributed by atoms with Gasteiger partial charge in [-0.05, 0) is 43.9 Å². The van der Waals surface area contributed by atoms with Crippen LogP contribution in [-0.2, 0) is 4.79 Å². The molecule has 110 valence electrons. The number of carbonyl (C=O) groups excluding carboxylic acids is 1. The highest BCUT2D eigenvalue weighted by Crippen LogP contribution is 2.26. The van der Waals surface area contributed by atoms with Crippen LogP contribution in [0.4, 0.5) is 10.1 Å². The van der Waals surface area contributed by atoms with Gasteiger partial charge in [-0.3, -0.25) is 4.79 Å². The fraction of sp³-hybridized carbons (Fsp3) is 0.533. The lowest BCUT2D eigenvalue weighted by atomic mass is 10.2. The van der Waals surface area contributed by atoms with E-state index >= 15 is 0 Å². The molecule has 1 aromatic carbocycles. The average molecular weight is 300 g/mol. The molecule has 1 saturated carbocycles. The first-order chi connectivity index (χ1) is 9.38. The standard InChI is InChI=1S/C15H20ClFN2O/c1-19(2,12-5-3-4-6-12)10-15(20)18-14-8-7-11(16)9-13(14)17/h7-9,12H,3-6,10H2,1-2H3/p+1. The quantitative estimate of drug-likeness (QED) is 0.848. The summed E-state index contributed by atoms with van der Waals surface area (Å²) in [5.74, 6) is -0.667. The Labute approximate surface area is 124 Å². The molecular weight excluding hydrogens is 279 g/mol. The second kappa shape index (κ2) is 6.10. The van der Waals surface area contributed by atoms with Crippen LogP contribution in [0.1, 0.15) is 25.7 Å². The molecule has 0 bridgehead atoms. The highest BCUT2D eigenvalue weighted by molar-refractivity contribution is 6.30. The van der Waals surface area contributed by atoms with Crippen molar-refractivity contribution in [2.75, 3.05) is 26.0 Å². The lowest BCUT2D eigenvalue weighted by molar-refractivity contribution is -0.906. The Bertz CT molecular complexity index is 499. The van der Waals surface area contributed by atoms with Crippen LogP contribution in [0.3, 0.4) is 0 Å². The van der Waals surface area contributed by atoms with Crippen molar-refractivity contribution >= 4 is 23.2 Å². The summed E-state index contributed by atoms with van der Waals surface area (Å²) < 4.78 is 14.3. The molecule has 3 nitrogen and oxygen atoms in total. The molecule has 0 aliphatic heterocycles. The summed E-state index contributed by atoms with van der Waals surface area (Å²) in [6, 6.07) is 4.78. The van der Waals surface area contributed by atoms with Crippen LogP contribution < -0.4 is 5.32 Å². The van der Waals surface area contributed by atoms with Crippen molar-refractivity contribution in [1.29, 1.82) is 0 Å². The number of halogens is 2. The maximum Gasteiger partial charge on any atom is 0.279 e. The summed E-state index contributed by atoms with van der Waals surface area (Å²) in [5, 5.41) is 2.95. The second-order valence-corrected chi connectivity index (χ2v) is 6.48. The van der Waals surface area contributed by atoms with Crippen molar-refractivity contribution in [3.63, 3.8) is 0 Å². The van der Waals surface area contributed by atoms with E-state index < -0.39 is 5.82 Å². The maximum absolute atomic E-state index is 13.6. The van der Waals surface area contributed by atoms with Gasteiger partial charge in [0, 0.05) is 5.02 Å². The molecule has 0 heterocycles. The van der Waals surface area contributed by atoms with E-state index in [1.54, 1.807) is 6.07 Å². The van der Waals surface area contributed by atoms with Crippen LogP contribution in [0.5, 0.6) is 0 Å². The lowest BCUT2D eigenvalue weighted by Crippen LogP contribution is -2.51. The average Bonchev–Trinajstić information content (AvgIpc) is 2.86. The van der Waals surface area contributed by atoms with Crippen LogP contribution >= 0.6 is 11.6 Å². The Kier molecular flexibility index (Phi) is 4.66. The second-order valence-electron chi connectivity index (χ2n) is 6.05. The number of nitrogens with one attached hydrogen (secondary N) is 1. The van der Waals surface area contributed by atoms with Gasteiger partial charge in [-0.1, -0.05) is 11.6 Å². The molecule has 0 aromatic heterocycles. The van der Waals surface area contributed by atoms with Crippen LogP contribution in [0.15, 0.2) is 18.2 Å². The predicted octanol–water partition coefficient (Wildman–Crippen LogP) is 3.44. The number of benzene rings is 1. The van der Waals surface area contributed by atoms with Gasteiger partial charge < -0.3 is 9.80 Å². The van der Waals surface area contributed by atoms with Gasteiger partial charge >= 0.3 is 0 Å². The fourth-order valence-corrected chi connectivity index (χ4v) is 3.04. The summed E-state index contributed by atoms with van der Waals surface area (Å²) >= 11 is 5.69. The topological polar surface area (TPSA) is 29.1 Å². The van der Waals surface area contributed by atoms with Crippen molar-refractivity contribution < 1.29 is 13.7 Å². The summed E-state index contributed by atoms with van der Waals surface area (Å²) in [4.78, 5) is 12.1. The van der Waals surface area contributed by atoms with Crippen LogP contribution in [-0.4, -0.2) is 37.1 Å². The molecule has 0 atom stereocenters. The monoisotopic (exact) mass is 299 g/mol. The number of likely N-dealkylation sites (N-methyl/N-ethyl adjacent to an activating group) is 1. The van der Waals surface area contributed by atoms with E-state index in [2.05, 4.69) is 19.4 Å². The van der Waals surface area contributed by atoms with E-state index in [4.69, 9.17) is 11.6 Å². The molecule has 1 fully saturated rings. The third-order valence-electron chi connectivity index (χ3n) is 4.07. The Morgan fingerprint density at radius 3 is 2.65 bits per heavy atom. The Balaban J connectivity index is 1.98. The Morgan fingerprint density at radius 1 is 1.40 bits per heavy atom. The highest BCUT2D eigenvalue weighted by Gasteiger charge is 2.33. The zero-order valence-electron chi connectivity index (χ0n) is 12.0. The number of anilines is 1. The zero-order chi connectivity index (χ0) is 14.8. The molecule has 0 radical (unpaired) electrons. The highest BCUT2D eigenvalue weighted by atomic mass is 35.5. The molecule has 1 aliphatic carbocycles. The molecule has 1 aliphatic rings. The molecule has 1 N–H and O–H groups in total. The summed E-state index contributed by atoms with van der Waals surface area (Å²) in [6.45, 7) is 0.354. The number of hydrogen-bond donors (Lipinski definition) is 1. The van der Waals surface area contributed by atoms with Gasteiger partial charge in [0.2, 0.25) is 0 Å². The van der Waals surface area contributed by atoms with Crippen molar-refractivity contribution in [3.8, 4) is 0 Å². The fourth-order valence-electron chi connectivity index (χ4n) is 2.88. The van der Waals surface area contributed by atoms with Gasteiger partial charge in [0.05, 0.1) is 25.8 Å². The number of nitrogens with zero attached hydrogens (tertiary/aromatic N) is 1. The third-order valence-corrected chi connectivity index (χ3v) is 4.30. The minimum absolute atomic E-state index is 0.164. The number of amides is 1. The van der Waals surface area contributed by atoms with Crippen molar-refractivity contribution in [1.82, 2.24) is 0 Å². The number of carbonyl (C=O) groups is 1. The third kappa shape index (κ3) is 3.70. The van der Waals surface area contributed by atoms with Crippen molar-refractivity contribution in [2.24, 2.45) is 0 Å². The molecule has 1 aromatic rings. The van der Waals surface area contributed by atoms with Gasteiger partial charge in [-0.15, -0.1) is 0 Å². The van der Waals surface area contributed by atoms with E-state index in [1.807, 2.05) is 0 Å². The number of rotatable bonds is 4. The van der Waals surface area contributed by atoms with Gasteiger partial charge in [-0.2, -0.15) is 0 Å². The van der Waals surface area contributed by atoms with E-state index in [0.717, 1.165) is 12.8 Å². The molecule has 0 spiro atoms. The number of quaternary nitrogens is 1. The van der Waals surface area contributed by atoms with E-state index in [-0.39, 0.29) is 11.6 Å². The number of hydrogen-bond acceptors (Lipinski definition) is 1. The minimum Gasteiger partial charge on any atom is -0.319 e. The Morgan fingerprint density at radius 2 is 2.05 bits per heavy atom. The first kappa shape index (κ1) is 15.3. The molecule has 0 saturated heterocycles. The maximum atomic E-state index is 13.6. The van der Waals surface area contributed by atoms with E-state index in [1.165, 1.54) is 25.0 Å². The molecular formula is C15H21ClFN2O+. The summed E-state index contributed by atoms with van der Waals surface area (Å²) in [5.41, 5.74) is 0.186. The van der Waals surface area contributed by atoms with Gasteiger partial charge in [0.25, 0.3) is 5.91 Å². The van der Waals surface area contributed by atoms with Crippen LogP contribution in [0.25, 0.3) is 0 Å². The lowest BCUT2D eigenvalue weighted by Gasteiger charge is -2.35. The molecule has 20 heavy (non-hydrogen) atoms. The summed E-state index contributed by atoms with van der Waals surface area (Å²) in [7, 11) is 4.13. The van der Waals surface area contributed by atoms with Crippen molar-refractivity contribution in [3.05, 3.63) is 29.0 Å². The smallest absolute Gasteiger partial charge is 0.279 e. The SMILES string of the molecule is C[N+](C)(CC(=O)Nc1ccc(Cl)cc1F)C1CCCC1. The van der Waals surface area contributed by atoms with Crippen molar-refractivity contribution in [2.45, 2.75) is 31.7 Å². The molecule has 0 unspecified atom stereocenters. The van der Waals surface area contributed by atoms with E-state index in [0.29, 0.717) is 22.1 Å². The van der Waals surface area contributed by atoms with Gasteiger partial charge in [0.15, 0.2) is 6.54 Å². The zero-order valence-corrected chi connectivity index (χ0v) is 12.7. The normalized spacial score (nSPS) is 16.4. The predicted molar refractivity (Wildman–Crippen MR) is 79.3 cm³/mol. The van der Waals surface area contributed by atoms with Gasteiger partial charge in [-0.25, -0.2) is 4.39 Å². The van der Waals surface area contributed by atoms with Crippen LogP contribution in [0.2, 0.25) is 5.02 Å². The first-order valence-corrected chi connectivity index (χ1v) is 7.34. The molecule has 2 rings (SSSR count). The first-order valence-electron chi connectivity index (χ1n) is 6.96. The largest absolute Gasteiger partial charge is 0.319 e. The Hall–Kier alpha value is -1.13. The molecule has 1 amide bonds. The minimum atomic E-state index is -0.503. The van der Waals surface area contributed by atoms with Gasteiger partial charge in [0.1, 0.15) is 5.82 Å². The summed E-state index contributed by atoms with van der Waals surface area (Å²) in [6.07, 6.45) is 4.80.